The van der Waals surface area contributed by atoms with Crippen molar-refractivity contribution in [2.45, 2.75) is 38.8 Å². The third kappa shape index (κ3) is 2.28. The quantitative estimate of drug-likeness (QED) is 0.878. The predicted molar refractivity (Wildman–Crippen MR) is 78.8 cm³/mol. The summed E-state index contributed by atoms with van der Waals surface area (Å²) in [6.07, 6.45) is 3.84. The van der Waals surface area contributed by atoms with Gasteiger partial charge in [-0.05, 0) is 52.2 Å². The Morgan fingerprint density at radius 2 is 2.24 bits per heavy atom. The lowest BCUT2D eigenvalue weighted by Gasteiger charge is -2.03. The van der Waals surface area contributed by atoms with E-state index >= 15 is 0 Å². The molecule has 1 aliphatic carbocycles. The molecule has 0 saturated heterocycles. The van der Waals surface area contributed by atoms with Gasteiger partial charge in [0.2, 0.25) is 0 Å². The van der Waals surface area contributed by atoms with Gasteiger partial charge in [-0.1, -0.05) is 19.1 Å². The van der Waals surface area contributed by atoms with Crippen molar-refractivity contribution in [3.05, 3.63) is 33.1 Å². The van der Waals surface area contributed by atoms with Crippen molar-refractivity contribution in [2.24, 2.45) is 0 Å². The van der Waals surface area contributed by atoms with Gasteiger partial charge in [-0.15, -0.1) is 11.3 Å². The van der Waals surface area contributed by atoms with Gasteiger partial charge < -0.3 is 5.32 Å². The summed E-state index contributed by atoms with van der Waals surface area (Å²) < 4.78 is 2.63. The lowest BCUT2D eigenvalue weighted by Crippen LogP contribution is -2.15. The molecule has 1 aliphatic rings. The van der Waals surface area contributed by atoms with Gasteiger partial charge in [0.1, 0.15) is 0 Å². The molecule has 0 bridgehead atoms. The van der Waals surface area contributed by atoms with Crippen LogP contribution in [0.25, 0.3) is 10.1 Å². The van der Waals surface area contributed by atoms with E-state index in [4.69, 9.17) is 0 Å². The van der Waals surface area contributed by atoms with E-state index in [2.05, 4.69) is 46.4 Å². The number of nitrogens with one attached hydrogen (secondary N) is 1. The number of aryl methyl sites for hydroxylation is 1. The Labute approximate surface area is 114 Å². The zero-order chi connectivity index (χ0) is 11.8. The van der Waals surface area contributed by atoms with Crippen LogP contribution in [0.3, 0.4) is 0 Å². The van der Waals surface area contributed by atoms with Gasteiger partial charge in [-0.25, -0.2) is 0 Å². The van der Waals surface area contributed by atoms with Crippen molar-refractivity contribution in [3.8, 4) is 0 Å². The summed E-state index contributed by atoms with van der Waals surface area (Å²) in [5.41, 5.74) is 1.53. The van der Waals surface area contributed by atoms with E-state index in [1.54, 1.807) is 0 Å². The van der Waals surface area contributed by atoms with E-state index in [9.17, 15) is 0 Å². The number of thiophene rings is 1. The molecule has 1 saturated carbocycles. The topological polar surface area (TPSA) is 12.0 Å². The number of hydrogen-bond acceptors (Lipinski definition) is 2. The molecule has 0 amide bonds. The normalized spacial score (nSPS) is 15.6. The van der Waals surface area contributed by atoms with Crippen LogP contribution in [0.2, 0.25) is 0 Å². The van der Waals surface area contributed by atoms with Crippen LogP contribution in [0.5, 0.6) is 0 Å². The van der Waals surface area contributed by atoms with Crippen LogP contribution in [0.4, 0.5) is 0 Å². The molecule has 0 aliphatic heterocycles. The Kier molecular flexibility index (Phi) is 3.24. The summed E-state index contributed by atoms with van der Waals surface area (Å²) >= 11 is 5.59. The van der Waals surface area contributed by atoms with Crippen LogP contribution in [-0.2, 0) is 13.0 Å². The molecule has 0 radical (unpaired) electrons. The Balaban J connectivity index is 2.00. The number of halogens is 1. The molecule has 17 heavy (non-hydrogen) atoms. The largest absolute Gasteiger partial charge is 0.309 e. The molecule has 90 valence electrons. The first kappa shape index (κ1) is 11.7. The first-order valence-electron chi connectivity index (χ1n) is 6.21. The lowest BCUT2D eigenvalue weighted by atomic mass is 10.1. The third-order valence-electron chi connectivity index (χ3n) is 3.34. The molecule has 3 rings (SSSR count). The van der Waals surface area contributed by atoms with Gasteiger partial charge in [0.25, 0.3) is 0 Å². The van der Waals surface area contributed by atoms with Crippen LogP contribution in [0.15, 0.2) is 22.7 Å². The zero-order valence-corrected chi connectivity index (χ0v) is 12.3. The maximum absolute atomic E-state index is 3.66. The fraction of sp³-hybridized carbons (Fsp3) is 0.429. The van der Waals surface area contributed by atoms with E-state index in [-0.39, 0.29) is 0 Å². The molecule has 3 heteroatoms. The van der Waals surface area contributed by atoms with E-state index in [1.807, 2.05) is 11.3 Å². The summed E-state index contributed by atoms with van der Waals surface area (Å²) in [7, 11) is 0. The summed E-state index contributed by atoms with van der Waals surface area (Å²) in [5, 5.41) is 5.05. The highest BCUT2D eigenvalue weighted by Crippen LogP contribution is 2.36. The number of fused-ring (bicyclic) bond motifs is 1. The second-order valence-electron chi connectivity index (χ2n) is 4.63. The molecule has 1 heterocycles. The molecule has 1 aromatic carbocycles. The number of benzene rings is 1. The summed E-state index contributed by atoms with van der Waals surface area (Å²) in [6.45, 7) is 3.29. The van der Waals surface area contributed by atoms with Gasteiger partial charge in [-0.2, -0.15) is 0 Å². The average Bonchev–Trinajstić information content (AvgIpc) is 3.08. The van der Waals surface area contributed by atoms with Crippen molar-refractivity contribution >= 4 is 37.4 Å². The van der Waals surface area contributed by atoms with Crippen molar-refractivity contribution < 1.29 is 0 Å². The third-order valence-corrected chi connectivity index (χ3v) is 5.54. The maximum Gasteiger partial charge on any atom is 0.0491 e. The Bertz CT molecular complexity index is 542. The summed E-state index contributed by atoms with van der Waals surface area (Å²) in [6, 6.07) is 7.30. The summed E-state index contributed by atoms with van der Waals surface area (Å²) in [5.74, 6) is 0. The second kappa shape index (κ2) is 4.71. The van der Waals surface area contributed by atoms with Crippen molar-refractivity contribution in [3.63, 3.8) is 0 Å². The minimum Gasteiger partial charge on any atom is -0.309 e. The molecule has 2 aromatic rings. The fourth-order valence-electron chi connectivity index (χ4n) is 2.24. The second-order valence-corrected chi connectivity index (χ2v) is 6.59. The van der Waals surface area contributed by atoms with Gasteiger partial charge in [0, 0.05) is 26.6 Å². The highest BCUT2D eigenvalue weighted by Gasteiger charge is 2.21. The Hall–Kier alpha value is -0.380. The maximum atomic E-state index is 3.66. The van der Waals surface area contributed by atoms with E-state index in [0.717, 1.165) is 19.0 Å². The van der Waals surface area contributed by atoms with Crippen LogP contribution in [-0.4, -0.2) is 6.04 Å². The first-order valence-corrected chi connectivity index (χ1v) is 7.82. The number of rotatable bonds is 4. The van der Waals surface area contributed by atoms with Crippen LogP contribution in [0, 0.1) is 0 Å². The molecule has 1 N–H and O–H groups in total. The molecule has 1 aromatic heterocycles. The van der Waals surface area contributed by atoms with Crippen LogP contribution in [0.1, 0.15) is 30.2 Å². The standard InChI is InChI=1S/C14H16BrNS/c1-2-10-11-4-3-5-12(15)14(11)17-13(10)8-16-9-6-7-9/h3-5,9,16H,2,6-8H2,1H3. The minimum atomic E-state index is 0.786. The van der Waals surface area contributed by atoms with Gasteiger partial charge in [0.15, 0.2) is 0 Å². The van der Waals surface area contributed by atoms with E-state index in [0.29, 0.717) is 0 Å². The Morgan fingerprint density at radius 3 is 2.94 bits per heavy atom. The highest BCUT2D eigenvalue weighted by molar-refractivity contribution is 9.10. The van der Waals surface area contributed by atoms with Gasteiger partial charge in [0.05, 0.1) is 0 Å². The minimum absolute atomic E-state index is 0.786. The first-order chi connectivity index (χ1) is 8.29. The predicted octanol–water partition coefficient (Wildman–Crippen LogP) is 4.48. The molecule has 0 spiro atoms. The van der Waals surface area contributed by atoms with Gasteiger partial charge in [-0.3, -0.25) is 0 Å². The molecule has 0 atom stereocenters. The molecular weight excluding hydrogens is 294 g/mol. The lowest BCUT2D eigenvalue weighted by molar-refractivity contribution is 0.692. The van der Waals surface area contributed by atoms with Crippen LogP contribution < -0.4 is 5.32 Å². The fourth-order valence-corrected chi connectivity index (χ4v) is 4.10. The van der Waals surface area contributed by atoms with E-state index < -0.39 is 0 Å². The smallest absolute Gasteiger partial charge is 0.0491 e. The average molecular weight is 310 g/mol. The zero-order valence-electron chi connectivity index (χ0n) is 9.92. The molecule has 1 fully saturated rings. The molecule has 0 unspecified atom stereocenters. The monoisotopic (exact) mass is 309 g/mol. The van der Waals surface area contributed by atoms with Crippen molar-refractivity contribution in [1.82, 2.24) is 5.32 Å². The molecule has 1 nitrogen and oxygen atoms in total. The van der Waals surface area contributed by atoms with Crippen molar-refractivity contribution in [2.75, 3.05) is 0 Å². The number of hydrogen-bond donors (Lipinski definition) is 1. The SMILES string of the molecule is CCc1c(CNC2CC2)sc2c(Br)cccc12. The van der Waals surface area contributed by atoms with E-state index in [1.165, 1.54) is 37.8 Å². The van der Waals surface area contributed by atoms with Gasteiger partial charge >= 0.3 is 0 Å². The van der Waals surface area contributed by atoms with Crippen molar-refractivity contribution in [1.29, 1.82) is 0 Å². The molecular formula is C14H16BrNS. The summed E-state index contributed by atoms with van der Waals surface area (Å²) in [4.78, 5) is 1.52. The Morgan fingerprint density at radius 1 is 1.41 bits per heavy atom. The van der Waals surface area contributed by atoms with Crippen LogP contribution >= 0.6 is 27.3 Å². The highest BCUT2D eigenvalue weighted by atomic mass is 79.9.